The molecule has 18 heavy (non-hydrogen) atoms. The van der Waals surface area contributed by atoms with Crippen molar-refractivity contribution >= 4 is 9.84 Å². The first-order chi connectivity index (χ1) is 8.53. The number of hydrogen-bond acceptors (Lipinski definition) is 5. The molecule has 2 unspecified atom stereocenters. The highest BCUT2D eigenvalue weighted by atomic mass is 32.2. The summed E-state index contributed by atoms with van der Waals surface area (Å²) in [7, 11) is -2.83. The lowest BCUT2D eigenvalue weighted by molar-refractivity contribution is -0.0791. The van der Waals surface area contributed by atoms with Crippen molar-refractivity contribution in [1.29, 1.82) is 0 Å². The molecule has 0 aliphatic carbocycles. The molecule has 3 aliphatic rings. The Balaban J connectivity index is 1.76. The standard InChI is InChI=1S/C12H22N2O3S/c13-9-12(3-5-18(15,16)6-4-12)14-7-10-1-2-11(8-14)17-10/h10-11H,1-9,13H2. The molecule has 2 bridgehead atoms. The van der Waals surface area contributed by atoms with Gasteiger partial charge in [-0.3, -0.25) is 4.90 Å². The molecule has 3 rings (SSSR count). The van der Waals surface area contributed by atoms with E-state index in [2.05, 4.69) is 4.90 Å². The maximum Gasteiger partial charge on any atom is 0.150 e. The molecule has 3 fully saturated rings. The van der Waals surface area contributed by atoms with Crippen molar-refractivity contribution in [2.75, 3.05) is 31.1 Å². The van der Waals surface area contributed by atoms with Gasteiger partial charge < -0.3 is 10.5 Å². The zero-order chi connectivity index (χ0) is 12.8. The summed E-state index contributed by atoms with van der Waals surface area (Å²) in [6.45, 7) is 2.41. The van der Waals surface area contributed by atoms with Crippen molar-refractivity contribution in [2.24, 2.45) is 5.73 Å². The summed E-state index contributed by atoms with van der Waals surface area (Å²) in [5.74, 6) is 0.577. The molecular weight excluding hydrogens is 252 g/mol. The molecule has 0 aromatic heterocycles. The largest absolute Gasteiger partial charge is 0.372 e. The predicted octanol–water partition coefficient (Wildman–Crippen LogP) is -0.244. The first-order valence-corrected chi connectivity index (χ1v) is 8.66. The number of ether oxygens (including phenoxy) is 1. The van der Waals surface area contributed by atoms with Crippen LogP contribution < -0.4 is 5.73 Å². The highest BCUT2D eigenvalue weighted by Gasteiger charge is 2.46. The fraction of sp³-hybridized carbons (Fsp3) is 1.00. The summed E-state index contributed by atoms with van der Waals surface area (Å²) in [6.07, 6.45) is 4.33. The monoisotopic (exact) mass is 274 g/mol. The first kappa shape index (κ1) is 12.8. The molecule has 0 aromatic carbocycles. The van der Waals surface area contributed by atoms with E-state index in [-0.39, 0.29) is 17.0 Å². The second-order valence-electron chi connectivity index (χ2n) is 5.94. The molecule has 2 atom stereocenters. The number of morpholine rings is 1. The van der Waals surface area contributed by atoms with E-state index in [0.29, 0.717) is 31.6 Å². The van der Waals surface area contributed by atoms with Gasteiger partial charge in [-0.15, -0.1) is 0 Å². The average molecular weight is 274 g/mol. The summed E-state index contributed by atoms with van der Waals surface area (Å²) in [4.78, 5) is 2.42. The van der Waals surface area contributed by atoms with E-state index >= 15 is 0 Å². The average Bonchev–Trinajstić information content (AvgIpc) is 2.69. The van der Waals surface area contributed by atoms with Crippen LogP contribution in [0.15, 0.2) is 0 Å². The van der Waals surface area contributed by atoms with Crippen LogP contribution in [0.5, 0.6) is 0 Å². The lowest BCUT2D eigenvalue weighted by atomic mass is 9.89. The molecule has 2 N–H and O–H groups in total. The molecule has 0 amide bonds. The predicted molar refractivity (Wildman–Crippen MR) is 69.1 cm³/mol. The lowest BCUT2D eigenvalue weighted by Gasteiger charge is -2.48. The number of nitrogens with zero attached hydrogens (tertiary/aromatic N) is 1. The summed E-state index contributed by atoms with van der Waals surface area (Å²) in [5, 5.41) is 0. The smallest absolute Gasteiger partial charge is 0.150 e. The third kappa shape index (κ3) is 2.19. The minimum atomic E-state index is -2.83. The summed E-state index contributed by atoms with van der Waals surface area (Å²) >= 11 is 0. The van der Waals surface area contributed by atoms with Crippen molar-refractivity contribution in [3.8, 4) is 0 Å². The van der Waals surface area contributed by atoms with E-state index in [1.54, 1.807) is 0 Å². The maximum atomic E-state index is 11.6. The molecule has 0 aromatic rings. The third-order valence-electron chi connectivity index (χ3n) is 4.85. The molecule has 3 aliphatic heterocycles. The van der Waals surface area contributed by atoms with Gasteiger partial charge in [-0.25, -0.2) is 8.42 Å². The minimum absolute atomic E-state index is 0.101. The normalized spacial score (nSPS) is 38.7. The summed E-state index contributed by atoms with van der Waals surface area (Å²) in [5.41, 5.74) is 5.89. The van der Waals surface area contributed by atoms with E-state index in [1.807, 2.05) is 0 Å². The van der Waals surface area contributed by atoms with Gasteiger partial charge in [0.15, 0.2) is 0 Å². The van der Waals surface area contributed by atoms with E-state index in [1.165, 1.54) is 0 Å². The zero-order valence-corrected chi connectivity index (χ0v) is 11.5. The lowest BCUT2D eigenvalue weighted by Crippen LogP contribution is -2.62. The second kappa shape index (κ2) is 4.44. The van der Waals surface area contributed by atoms with Crippen molar-refractivity contribution in [3.63, 3.8) is 0 Å². The van der Waals surface area contributed by atoms with Gasteiger partial charge in [-0.05, 0) is 25.7 Å². The van der Waals surface area contributed by atoms with E-state index in [0.717, 1.165) is 25.9 Å². The Bertz CT molecular complexity index is 397. The Kier molecular flexibility index (Phi) is 3.17. The Morgan fingerprint density at radius 2 is 1.72 bits per heavy atom. The van der Waals surface area contributed by atoms with Gasteiger partial charge >= 0.3 is 0 Å². The van der Waals surface area contributed by atoms with Crippen molar-refractivity contribution in [3.05, 3.63) is 0 Å². The van der Waals surface area contributed by atoms with E-state index in [4.69, 9.17) is 10.5 Å². The molecule has 104 valence electrons. The van der Waals surface area contributed by atoms with Crippen molar-refractivity contribution in [1.82, 2.24) is 4.90 Å². The summed E-state index contributed by atoms with van der Waals surface area (Å²) < 4.78 is 29.0. The van der Waals surface area contributed by atoms with Crippen LogP contribution >= 0.6 is 0 Å². The Morgan fingerprint density at radius 3 is 2.22 bits per heavy atom. The van der Waals surface area contributed by atoms with Gasteiger partial charge in [0, 0.05) is 25.2 Å². The van der Waals surface area contributed by atoms with Gasteiger partial charge in [-0.2, -0.15) is 0 Å². The fourth-order valence-electron chi connectivity index (χ4n) is 3.57. The van der Waals surface area contributed by atoms with Crippen LogP contribution in [0.3, 0.4) is 0 Å². The van der Waals surface area contributed by atoms with Crippen molar-refractivity contribution < 1.29 is 13.2 Å². The molecular formula is C12H22N2O3S. The number of hydrogen-bond donors (Lipinski definition) is 1. The number of likely N-dealkylation sites (tertiary alicyclic amines) is 1. The van der Waals surface area contributed by atoms with Gasteiger partial charge in [-0.1, -0.05) is 0 Å². The SMILES string of the molecule is NCC1(N2CC3CCC(C2)O3)CCS(=O)(=O)CC1. The zero-order valence-electron chi connectivity index (χ0n) is 10.7. The van der Waals surface area contributed by atoms with E-state index < -0.39 is 9.84 Å². The van der Waals surface area contributed by atoms with Crippen LogP contribution in [-0.4, -0.2) is 62.2 Å². The Morgan fingerprint density at radius 1 is 1.17 bits per heavy atom. The van der Waals surface area contributed by atoms with Crippen LogP contribution in [0, 0.1) is 0 Å². The van der Waals surface area contributed by atoms with Crippen LogP contribution in [0.1, 0.15) is 25.7 Å². The molecule has 0 radical (unpaired) electrons. The quantitative estimate of drug-likeness (QED) is 0.752. The topological polar surface area (TPSA) is 72.6 Å². The fourth-order valence-corrected chi connectivity index (χ4v) is 5.16. The van der Waals surface area contributed by atoms with Gasteiger partial charge in [0.25, 0.3) is 0 Å². The van der Waals surface area contributed by atoms with Crippen LogP contribution in [0.2, 0.25) is 0 Å². The summed E-state index contributed by atoms with van der Waals surface area (Å²) in [6, 6.07) is 0. The molecule has 6 heteroatoms. The maximum absolute atomic E-state index is 11.6. The van der Waals surface area contributed by atoms with Gasteiger partial charge in [0.1, 0.15) is 9.84 Å². The molecule has 3 saturated heterocycles. The van der Waals surface area contributed by atoms with Crippen LogP contribution in [0.25, 0.3) is 0 Å². The third-order valence-corrected chi connectivity index (χ3v) is 6.50. The molecule has 5 nitrogen and oxygen atoms in total. The van der Waals surface area contributed by atoms with Crippen molar-refractivity contribution in [2.45, 2.75) is 43.4 Å². The van der Waals surface area contributed by atoms with Crippen LogP contribution in [0.4, 0.5) is 0 Å². The Hall–Kier alpha value is -0.170. The van der Waals surface area contributed by atoms with Gasteiger partial charge in [0.2, 0.25) is 0 Å². The second-order valence-corrected chi connectivity index (χ2v) is 8.25. The van der Waals surface area contributed by atoms with E-state index in [9.17, 15) is 8.42 Å². The van der Waals surface area contributed by atoms with Crippen LogP contribution in [-0.2, 0) is 14.6 Å². The number of sulfone groups is 1. The molecule has 0 spiro atoms. The number of rotatable bonds is 2. The molecule has 0 saturated carbocycles. The minimum Gasteiger partial charge on any atom is -0.372 e. The number of fused-ring (bicyclic) bond motifs is 2. The van der Waals surface area contributed by atoms with Gasteiger partial charge in [0.05, 0.1) is 23.7 Å². The molecule has 3 heterocycles. The number of nitrogens with two attached hydrogens (primary N) is 1. The first-order valence-electron chi connectivity index (χ1n) is 6.84. The Labute approximate surface area is 109 Å². The highest BCUT2D eigenvalue weighted by molar-refractivity contribution is 7.91. The highest BCUT2D eigenvalue weighted by Crippen LogP contribution is 2.35.